The van der Waals surface area contributed by atoms with E-state index in [1.165, 1.54) is 12.0 Å². The summed E-state index contributed by atoms with van der Waals surface area (Å²) in [5, 5.41) is 2.78. The maximum Gasteiger partial charge on any atom is 0.328 e. The first-order valence-electron chi connectivity index (χ1n) is 5.92. The molecule has 0 bridgehead atoms. The molecule has 2 rings (SSSR count). The monoisotopic (exact) mass is 256 g/mol. The van der Waals surface area contributed by atoms with Crippen molar-refractivity contribution >= 4 is 19.9 Å². The Bertz CT molecular complexity index is 345. The Kier molecular flexibility index (Phi) is 3.89. The molecule has 2 aliphatic heterocycles. The van der Waals surface area contributed by atoms with E-state index in [1.54, 1.807) is 7.98 Å². The zero-order chi connectivity index (χ0) is 13.2. The van der Waals surface area contributed by atoms with Crippen LogP contribution in [-0.2, 0) is 23.8 Å². The Hall–Kier alpha value is -1.12. The third-order valence-corrected chi connectivity index (χ3v) is 3.23. The van der Waals surface area contributed by atoms with E-state index in [4.69, 9.17) is 14.2 Å². The number of hydrogen-bond donors (Lipinski definition) is 1. The first kappa shape index (κ1) is 13.3. The first-order valence-corrected chi connectivity index (χ1v) is 5.92. The summed E-state index contributed by atoms with van der Waals surface area (Å²) in [4.78, 5) is 25.2. The van der Waals surface area contributed by atoms with Gasteiger partial charge in [-0.1, -0.05) is 0 Å². The second-order valence-corrected chi connectivity index (χ2v) is 4.40. The lowest BCUT2D eigenvalue weighted by Crippen LogP contribution is -2.45. The van der Waals surface area contributed by atoms with E-state index >= 15 is 0 Å². The predicted octanol–water partition coefficient (Wildman–Crippen LogP) is -2.36. The molecule has 18 heavy (non-hydrogen) atoms. The summed E-state index contributed by atoms with van der Waals surface area (Å²) in [5.74, 6) is -1.43. The van der Waals surface area contributed by atoms with E-state index < -0.39 is 17.8 Å². The van der Waals surface area contributed by atoms with Gasteiger partial charge in [-0.2, -0.15) is 0 Å². The Balaban J connectivity index is 2.14. The topological polar surface area (TPSA) is 77.1 Å². The first-order chi connectivity index (χ1) is 8.62. The smallest absolute Gasteiger partial charge is 0.328 e. The van der Waals surface area contributed by atoms with Crippen LogP contribution in [0.3, 0.4) is 0 Å². The Morgan fingerprint density at radius 2 is 2.17 bits per heavy atom. The summed E-state index contributed by atoms with van der Waals surface area (Å²) in [6.07, 6.45) is 0.328. The molecule has 0 unspecified atom stereocenters. The van der Waals surface area contributed by atoms with Crippen LogP contribution in [0.5, 0.6) is 0 Å². The van der Waals surface area contributed by atoms with Gasteiger partial charge in [0.2, 0.25) is 5.91 Å². The zero-order valence-electron chi connectivity index (χ0n) is 10.6. The molecule has 0 radical (unpaired) electrons. The van der Waals surface area contributed by atoms with Gasteiger partial charge in [0, 0.05) is 6.42 Å². The molecule has 1 atom stereocenters. The van der Waals surface area contributed by atoms with Crippen molar-refractivity contribution in [1.29, 1.82) is 0 Å². The molecule has 1 N–H and O–H groups in total. The van der Waals surface area contributed by atoms with Crippen molar-refractivity contribution in [2.24, 2.45) is 0 Å². The lowest BCUT2D eigenvalue weighted by atomic mass is 10.1. The minimum absolute atomic E-state index is 0.163. The quantitative estimate of drug-likeness (QED) is 0.449. The molecule has 2 aliphatic rings. The molecular formula is C10H17BN2O5. The van der Waals surface area contributed by atoms with Crippen molar-refractivity contribution in [2.75, 3.05) is 33.4 Å². The van der Waals surface area contributed by atoms with Gasteiger partial charge in [-0.3, -0.25) is 4.79 Å². The third kappa shape index (κ3) is 2.36. The van der Waals surface area contributed by atoms with Gasteiger partial charge in [0.15, 0.2) is 13.8 Å². The van der Waals surface area contributed by atoms with Gasteiger partial charge in [0.1, 0.15) is 6.04 Å². The molecule has 2 fully saturated rings. The molecule has 2 heterocycles. The van der Waals surface area contributed by atoms with Crippen LogP contribution in [0.15, 0.2) is 0 Å². The maximum absolute atomic E-state index is 12.0. The second kappa shape index (κ2) is 5.25. The van der Waals surface area contributed by atoms with E-state index in [9.17, 15) is 9.59 Å². The van der Waals surface area contributed by atoms with Gasteiger partial charge in [-0.25, -0.2) is 4.79 Å². The molecule has 0 saturated carbocycles. The number of methoxy groups -OCH3 is 1. The Morgan fingerprint density at radius 3 is 2.72 bits per heavy atom. The predicted molar refractivity (Wildman–Crippen MR) is 63.3 cm³/mol. The molecule has 8 heteroatoms. The number of rotatable bonds is 3. The van der Waals surface area contributed by atoms with Crippen molar-refractivity contribution in [3.8, 4) is 0 Å². The summed E-state index contributed by atoms with van der Waals surface area (Å²) < 4.78 is 15.8. The van der Waals surface area contributed by atoms with Crippen LogP contribution in [0.25, 0.3) is 0 Å². The minimum Gasteiger partial charge on any atom is -0.467 e. The highest BCUT2D eigenvalue weighted by atomic mass is 16.7. The van der Waals surface area contributed by atoms with Crippen LogP contribution >= 0.6 is 0 Å². The molecule has 100 valence electrons. The van der Waals surface area contributed by atoms with E-state index in [1.807, 2.05) is 0 Å². The average molecular weight is 256 g/mol. The van der Waals surface area contributed by atoms with Crippen LogP contribution in [0.4, 0.5) is 0 Å². The second-order valence-electron chi connectivity index (χ2n) is 4.40. The van der Waals surface area contributed by atoms with Gasteiger partial charge >= 0.3 is 5.97 Å². The van der Waals surface area contributed by atoms with Crippen LogP contribution in [0.2, 0.25) is 0 Å². The standard InChI is InChI=1S/C10H17BN2O5/c1-16-9(15)7-4-10(17-2-3-18-10)6-13(7)8(14)5-12-11/h7,12H,2-6,11H2,1H3/t7-/m0/s1. The molecule has 0 aliphatic carbocycles. The van der Waals surface area contributed by atoms with Crippen molar-refractivity contribution in [3.05, 3.63) is 0 Å². The number of nitrogens with one attached hydrogen (secondary N) is 1. The molecule has 1 spiro atoms. The van der Waals surface area contributed by atoms with E-state index in [0.29, 0.717) is 19.6 Å². The minimum atomic E-state index is -0.831. The number of amides is 1. The normalized spacial score (nSPS) is 25.6. The van der Waals surface area contributed by atoms with Crippen molar-refractivity contribution in [2.45, 2.75) is 18.2 Å². The van der Waals surface area contributed by atoms with Gasteiger partial charge in [0.05, 0.1) is 33.4 Å². The number of carbonyl (C=O) groups excluding carboxylic acids is 2. The van der Waals surface area contributed by atoms with Gasteiger partial charge in [-0.05, 0) is 0 Å². The van der Waals surface area contributed by atoms with E-state index in [-0.39, 0.29) is 19.0 Å². The number of hydrogen-bond acceptors (Lipinski definition) is 6. The zero-order valence-corrected chi connectivity index (χ0v) is 10.6. The number of esters is 1. The number of carbonyl (C=O) groups is 2. The third-order valence-electron chi connectivity index (χ3n) is 3.23. The lowest BCUT2D eigenvalue weighted by Gasteiger charge is -2.23. The highest BCUT2D eigenvalue weighted by molar-refractivity contribution is 6.06. The SMILES string of the molecule is BNCC(=O)N1CC2(C[C@H]1C(=O)OC)OCCO2. The lowest BCUT2D eigenvalue weighted by molar-refractivity contribution is -0.152. The molecule has 1 amide bonds. The fourth-order valence-electron chi connectivity index (χ4n) is 2.41. The summed E-state index contributed by atoms with van der Waals surface area (Å²) in [7, 11) is 2.99. The van der Waals surface area contributed by atoms with Gasteiger partial charge in [-0.15, -0.1) is 0 Å². The maximum atomic E-state index is 12.0. The summed E-state index contributed by atoms with van der Waals surface area (Å²) in [5.41, 5.74) is 0. The van der Waals surface area contributed by atoms with Gasteiger partial charge < -0.3 is 24.3 Å². The molecule has 0 aromatic carbocycles. The van der Waals surface area contributed by atoms with E-state index in [0.717, 1.165) is 0 Å². The molecule has 0 aromatic rings. The van der Waals surface area contributed by atoms with E-state index in [2.05, 4.69) is 5.23 Å². The van der Waals surface area contributed by atoms with Crippen molar-refractivity contribution in [1.82, 2.24) is 10.1 Å². The summed E-state index contributed by atoms with van der Waals surface area (Å²) in [6.45, 7) is 1.42. The fraction of sp³-hybridized carbons (Fsp3) is 0.800. The van der Waals surface area contributed by atoms with Crippen LogP contribution in [0, 0.1) is 0 Å². The Labute approximate surface area is 106 Å². The molecule has 7 nitrogen and oxygen atoms in total. The number of likely N-dealkylation sites (tertiary alicyclic amines) is 1. The largest absolute Gasteiger partial charge is 0.467 e. The summed E-state index contributed by atoms with van der Waals surface area (Å²) in [6, 6.07) is -0.631. The summed E-state index contributed by atoms with van der Waals surface area (Å²) >= 11 is 0. The van der Waals surface area contributed by atoms with Crippen LogP contribution in [-0.4, -0.2) is 70.0 Å². The van der Waals surface area contributed by atoms with Crippen molar-refractivity contribution < 1.29 is 23.8 Å². The number of nitrogens with zero attached hydrogens (tertiary/aromatic N) is 1. The molecular weight excluding hydrogens is 239 g/mol. The molecule has 0 aromatic heterocycles. The molecule has 2 saturated heterocycles. The highest BCUT2D eigenvalue weighted by Crippen LogP contribution is 2.35. The van der Waals surface area contributed by atoms with Crippen molar-refractivity contribution in [3.63, 3.8) is 0 Å². The van der Waals surface area contributed by atoms with Crippen LogP contribution in [0.1, 0.15) is 6.42 Å². The van der Waals surface area contributed by atoms with Crippen LogP contribution < -0.4 is 5.23 Å². The fourth-order valence-corrected chi connectivity index (χ4v) is 2.41. The Morgan fingerprint density at radius 1 is 1.50 bits per heavy atom. The average Bonchev–Trinajstić information content (AvgIpc) is 2.97. The van der Waals surface area contributed by atoms with Gasteiger partial charge in [0.25, 0.3) is 0 Å². The number of ether oxygens (including phenoxy) is 3. The highest BCUT2D eigenvalue weighted by Gasteiger charge is 2.52.